The van der Waals surface area contributed by atoms with Gasteiger partial charge in [0.05, 0.1) is 0 Å². The number of nitrogens with zero attached hydrogens (tertiary/aromatic N) is 2. The third-order valence-electron chi connectivity index (χ3n) is 11.6. The molecule has 0 radical (unpaired) electrons. The Kier molecular flexibility index (Phi) is 6.27. The molecule has 0 spiro atoms. The second kappa shape index (κ2) is 10.7. The van der Waals surface area contributed by atoms with Gasteiger partial charge in [0.2, 0.25) is 0 Å². The molecule has 2 aliphatic rings. The summed E-state index contributed by atoms with van der Waals surface area (Å²) in [5.41, 5.74) is 21.3. The van der Waals surface area contributed by atoms with Crippen LogP contribution >= 0.6 is 0 Å². The first-order valence-corrected chi connectivity index (χ1v) is 17.7. The predicted octanol–water partition coefficient (Wildman–Crippen LogP) is 12.5. The first-order valence-electron chi connectivity index (χ1n) is 17.7. The molecule has 0 unspecified atom stereocenters. The highest BCUT2D eigenvalue weighted by Gasteiger charge is 2.38. The van der Waals surface area contributed by atoms with Gasteiger partial charge in [-0.1, -0.05) is 149 Å². The summed E-state index contributed by atoms with van der Waals surface area (Å²) in [6, 6.07) is 53.2. The van der Waals surface area contributed by atoms with Gasteiger partial charge in [0.15, 0.2) is 0 Å². The second-order valence-corrected chi connectivity index (χ2v) is 15.1. The van der Waals surface area contributed by atoms with E-state index in [9.17, 15) is 0 Å². The standard InChI is InChI=1S/C48H36N2O/c1-47(2)41-25-31(29-11-7-5-8-12-29)15-19-37(41)38-20-16-32(26-42(38)47)33-17-21-39-40-22-18-34(28-44(40)48(3,4)43(39)27-33)36-24-23-35(30-13-9-6-10-14-30)45-46(36)50-51-49-45/h5-28H,1-4H3. The smallest absolute Gasteiger partial charge is 0.143 e. The average Bonchev–Trinajstić information content (AvgIpc) is 3.81. The molecule has 0 saturated heterocycles. The molecule has 0 N–H and O–H groups in total. The Hall–Kier alpha value is -6.06. The van der Waals surface area contributed by atoms with Gasteiger partial charge >= 0.3 is 0 Å². The van der Waals surface area contributed by atoms with Gasteiger partial charge in [0, 0.05) is 22.0 Å². The Labute approximate surface area is 298 Å². The van der Waals surface area contributed by atoms with Crippen molar-refractivity contribution < 1.29 is 4.63 Å². The van der Waals surface area contributed by atoms with Gasteiger partial charge in [-0.3, -0.25) is 0 Å². The van der Waals surface area contributed by atoms with Crippen molar-refractivity contribution in [2.24, 2.45) is 0 Å². The molecule has 0 saturated carbocycles. The molecule has 3 nitrogen and oxygen atoms in total. The summed E-state index contributed by atoms with van der Waals surface area (Å²) < 4.78 is 5.31. The molecule has 0 amide bonds. The molecule has 1 aromatic heterocycles. The summed E-state index contributed by atoms with van der Waals surface area (Å²) >= 11 is 0. The normalized spacial score (nSPS) is 14.6. The van der Waals surface area contributed by atoms with E-state index in [2.05, 4.69) is 165 Å². The predicted molar refractivity (Wildman–Crippen MR) is 209 cm³/mol. The van der Waals surface area contributed by atoms with Gasteiger partial charge in [-0.05, 0) is 112 Å². The average molecular weight is 657 g/mol. The van der Waals surface area contributed by atoms with Crippen molar-refractivity contribution >= 4 is 11.0 Å². The van der Waals surface area contributed by atoms with E-state index in [1.807, 2.05) is 18.2 Å². The summed E-state index contributed by atoms with van der Waals surface area (Å²) in [4.78, 5) is 0. The Morgan fingerprint density at radius 1 is 0.333 bits per heavy atom. The Bertz CT molecular complexity index is 2680. The van der Waals surface area contributed by atoms with Crippen molar-refractivity contribution in [3.8, 4) is 66.8 Å². The molecular formula is C48H36N2O. The zero-order chi connectivity index (χ0) is 34.5. The third-order valence-corrected chi connectivity index (χ3v) is 11.6. The van der Waals surface area contributed by atoms with Crippen LogP contribution in [0, 0.1) is 0 Å². The van der Waals surface area contributed by atoms with Crippen LogP contribution in [0.3, 0.4) is 0 Å². The van der Waals surface area contributed by atoms with E-state index in [1.165, 1.54) is 66.8 Å². The lowest BCUT2D eigenvalue weighted by molar-refractivity contribution is 0.315. The fourth-order valence-corrected chi connectivity index (χ4v) is 8.76. The Balaban J connectivity index is 1.01. The van der Waals surface area contributed by atoms with Gasteiger partial charge in [-0.25, -0.2) is 4.63 Å². The number of aromatic nitrogens is 2. The Morgan fingerprint density at radius 3 is 1.12 bits per heavy atom. The van der Waals surface area contributed by atoms with Crippen molar-refractivity contribution in [2.45, 2.75) is 38.5 Å². The van der Waals surface area contributed by atoms with E-state index in [-0.39, 0.29) is 10.8 Å². The zero-order valence-electron chi connectivity index (χ0n) is 29.2. The Morgan fingerprint density at radius 2 is 0.667 bits per heavy atom. The number of hydrogen-bond acceptors (Lipinski definition) is 3. The number of hydrogen-bond donors (Lipinski definition) is 0. The third kappa shape index (κ3) is 4.37. The van der Waals surface area contributed by atoms with Crippen LogP contribution in [0.4, 0.5) is 0 Å². The highest BCUT2D eigenvalue weighted by atomic mass is 16.6. The molecule has 51 heavy (non-hydrogen) atoms. The number of fused-ring (bicyclic) bond motifs is 7. The minimum Gasteiger partial charge on any atom is -0.243 e. The van der Waals surface area contributed by atoms with E-state index >= 15 is 0 Å². The first kappa shape index (κ1) is 29.8. The van der Waals surface area contributed by atoms with Crippen molar-refractivity contribution in [2.75, 3.05) is 0 Å². The summed E-state index contributed by atoms with van der Waals surface area (Å²) in [6.45, 7) is 9.44. The molecule has 0 aliphatic heterocycles. The van der Waals surface area contributed by atoms with Crippen LogP contribution in [0.15, 0.2) is 150 Å². The van der Waals surface area contributed by atoms with Gasteiger partial charge in [0.1, 0.15) is 11.0 Å². The summed E-state index contributed by atoms with van der Waals surface area (Å²) in [5.74, 6) is 0. The lowest BCUT2D eigenvalue weighted by Crippen LogP contribution is -2.15. The van der Waals surface area contributed by atoms with E-state index < -0.39 is 0 Å². The van der Waals surface area contributed by atoms with E-state index in [1.54, 1.807) is 0 Å². The van der Waals surface area contributed by atoms with Crippen LogP contribution in [0.5, 0.6) is 0 Å². The molecule has 0 bridgehead atoms. The SMILES string of the molecule is CC1(C)c2cc(-c3ccccc3)ccc2-c2ccc(-c3ccc4c(c3)C(C)(C)c3cc(-c5ccc(-c6ccccc6)c6nonc56)ccc3-4)cc21. The van der Waals surface area contributed by atoms with Crippen LogP contribution in [0.25, 0.3) is 77.8 Å². The first-order chi connectivity index (χ1) is 24.8. The maximum Gasteiger partial charge on any atom is 0.143 e. The van der Waals surface area contributed by atoms with E-state index in [4.69, 9.17) is 4.63 Å². The van der Waals surface area contributed by atoms with E-state index in [0.717, 1.165) is 33.3 Å². The summed E-state index contributed by atoms with van der Waals surface area (Å²) in [5, 5.41) is 8.70. The molecule has 2 aliphatic carbocycles. The maximum absolute atomic E-state index is 5.31. The molecule has 244 valence electrons. The molecule has 8 aromatic rings. The largest absolute Gasteiger partial charge is 0.243 e. The quantitative estimate of drug-likeness (QED) is 0.189. The molecule has 0 fully saturated rings. The molecule has 7 aromatic carbocycles. The van der Waals surface area contributed by atoms with E-state index in [0.29, 0.717) is 0 Å². The lowest BCUT2D eigenvalue weighted by Gasteiger charge is -2.24. The van der Waals surface area contributed by atoms with Crippen molar-refractivity contribution in [1.82, 2.24) is 10.3 Å². The molecule has 1 heterocycles. The minimum absolute atomic E-state index is 0.0990. The molecular weight excluding hydrogens is 621 g/mol. The van der Waals surface area contributed by atoms with Gasteiger partial charge < -0.3 is 0 Å². The highest BCUT2D eigenvalue weighted by Crippen LogP contribution is 2.53. The monoisotopic (exact) mass is 656 g/mol. The van der Waals surface area contributed by atoms with Gasteiger partial charge in [0.25, 0.3) is 0 Å². The summed E-state index contributed by atoms with van der Waals surface area (Å²) in [6.07, 6.45) is 0. The summed E-state index contributed by atoms with van der Waals surface area (Å²) in [7, 11) is 0. The molecule has 10 rings (SSSR count). The van der Waals surface area contributed by atoms with Crippen molar-refractivity contribution in [3.63, 3.8) is 0 Å². The van der Waals surface area contributed by atoms with Crippen LogP contribution < -0.4 is 0 Å². The zero-order valence-corrected chi connectivity index (χ0v) is 29.2. The van der Waals surface area contributed by atoms with Crippen molar-refractivity contribution in [1.29, 1.82) is 0 Å². The minimum atomic E-state index is -0.179. The van der Waals surface area contributed by atoms with Crippen LogP contribution in [0.2, 0.25) is 0 Å². The van der Waals surface area contributed by atoms with Crippen LogP contribution in [-0.4, -0.2) is 10.3 Å². The lowest BCUT2D eigenvalue weighted by atomic mass is 9.79. The highest BCUT2D eigenvalue weighted by molar-refractivity contribution is 6.00. The number of rotatable bonds is 4. The van der Waals surface area contributed by atoms with Crippen LogP contribution in [0.1, 0.15) is 49.9 Å². The second-order valence-electron chi connectivity index (χ2n) is 15.1. The fraction of sp³-hybridized carbons (Fsp3) is 0.125. The van der Waals surface area contributed by atoms with Crippen LogP contribution in [-0.2, 0) is 10.8 Å². The molecule has 3 heteroatoms. The number of benzene rings is 7. The fourth-order valence-electron chi connectivity index (χ4n) is 8.76. The molecule has 0 atom stereocenters. The van der Waals surface area contributed by atoms with Crippen molar-refractivity contribution in [3.05, 3.63) is 168 Å². The maximum atomic E-state index is 5.31. The van der Waals surface area contributed by atoms with Gasteiger partial charge in [-0.2, -0.15) is 0 Å². The van der Waals surface area contributed by atoms with Gasteiger partial charge in [-0.15, -0.1) is 0 Å². The topological polar surface area (TPSA) is 38.9 Å².